The Bertz CT molecular complexity index is 1280. The number of nitrogens with zero attached hydrogens (tertiary/aromatic N) is 3. The van der Waals surface area contributed by atoms with Gasteiger partial charge >= 0.3 is 0 Å². The number of fused-ring (bicyclic) bond motifs is 1. The van der Waals surface area contributed by atoms with Gasteiger partial charge in [-0.3, -0.25) is 4.79 Å². The second-order valence-corrected chi connectivity index (χ2v) is 9.37. The maximum Gasteiger partial charge on any atom is 0.254 e. The zero-order valence-electron chi connectivity index (χ0n) is 17.6. The molecule has 2 aromatic heterocycles. The molecule has 0 atom stereocenters. The Morgan fingerprint density at radius 1 is 1.00 bits per heavy atom. The average molecular weight is 464 g/mol. The Balaban J connectivity index is 1.41. The van der Waals surface area contributed by atoms with E-state index in [1.165, 1.54) is 11.3 Å². The van der Waals surface area contributed by atoms with Gasteiger partial charge in [-0.25, -0.2) is 4.98 Å². The summed E-state index contributed by atoms with van der Waals surface area (Å²) in [7, 11) is 1.67. The van der Waals surface area contributed by atoms with Crippen molar-refractivity contribution in [1.29, 1.82) is 0 Å². The number of hydrogen-bond acceptors (Lipinski definition) is 5. The topological polar surface area (TPSA) is 45.7 Å². The summed E-state index contributed by atoms with van der Waals surface area (Å²) in [6, 6.07) is 21.6. The second kappa shape index (κ2) is 8.81. The zero-order chi connectivity index (χ0) is 22.1. The Morgan fingerprint density at radius 3 is 2.56 bits per heavy atom. The van der Waals surface area contributed by atoms with Crippen LogP contribution in [0.4, 0.5) is 5.69 Å². The Kier molecular flexibility index (Phi) is 5.72. The Morgan fingerprint density at radius 2 is 1.81 bits per heavy atom. The number of halogens is 1. The van der Waals surface area contributed by atoms with Gasteiger partial charge in [0.1, 0.15) is 5.75 Å². The van der Waals surface area contributed by atoms with Crippen LogP contribution in [0.15, 0.2) is 66.7 Å². The third kappa shape index (κ3) is 4.04. The second-order valence-electron chi connectivity index (χ2n) is 7.66. The zero-order valence-corrected chi connectivity index (χ0v) is 19.2. The number of carbonyl (C=O) groups excluding carboxylic acids is 1. The van der Waals surface area contributed by atoms with E-state index in [2.05, 4.69) is 11.0 Å². The number of hydrogen-bond donors (Lipinski definition) is 0. The molecule has 162 valence electrons. The summed E-state index contributed by atoms with van der Waals surface area (Å²) >= 11 is 7.61. The van der Waals surface area contributed by atoms with Crippen molar-refractivity contribution in [3.8, 4) is 16.3 Å². The predicted octanol–water partition coefficient (Wildman–Crippen LogP) is 5.59. The highest BCUT2D eigenvalue weighted by Crippen LogP contribution is 2.33. The standard InChI is InChI=1S/C25H22ClN3O2S/c1-31-18-6-4-5-17(15-18)28-11-13-29(14-12-28)25(30)20-16-22(23-9-10-24(26)32-23)27-21-8-3-2-7-19(20)21/h2-10,15-16H,11-14H2,1H3. The summed E-state index contributed by atoms with van der Waals surface area (Å²) in [6.45, 7) is 2.87. The van der Waals surface area contributed by atoms with Gasteiger partial charge in [-0.15, -0.1) is 11.3 Å². The van der Waals surface area contributed by atoms with Crippen LogP contribution in [0.3, 0.4) is 0 Å². The number of benzene rings is 2. The molecular weight excluding hydrogens is 442 g/mol. The van der Waals surface area contributed by atoms with Crippen molar-refractivity contribution in [1.82, 2.24) is 9.88 Å². The van der Waals surface area contributed by atoms with Gasteiger partial charge < -0.3 is 14.5 Å². The van der Waals surface area contributed by atoms with Crippen LogP contribution in [0.1, 0.15) is 10.4 Å². The largest absolute Gasteiger partial charge is 0.497 e. The van der Waals surface area contributed by atoms with E-state index in [0.717, 1.165) is 46.0 Å². The molecule has 1 amide bonds. The molecule has 2 aromatic carbocycles. The van der Waals surface area contributed by atoms with Crippen LogP contribution in [-0.4, -0.2) is 49.1 Å². The highest BCUT2D eigenvalue weighted by atomic mass is 35.5. The lowest BCUT2D eigenvalue weighted by atomic mass is 10.1. The van der Waals surface area contributed by atoms with E-state index >= 15 is 0 Å². The Labute approximate surface area is 195 Å². The lowest BCUT2D eigenvalue weighted by molar-refractivity contribution is 0.0748. The number of thiophene rings is 1. The summed E-state index contributed by atoms with van der Waals surface area (Å²) in [4.78, 5) is 23.5. The van der Waals surface area contributed by atoms with E-state index in [1.807, 2.05) is 65.6 Å². The van der Waals surface area contributed by atoms with Gasteiger partial charge in [0.25, 0.3) is 5.91 Å². The number of carbonyl (C=O) groups is 1. The first kappa shape index (κ1) is 20.8. The van der Waals surface area contributed by atoms with E-state index < -0.39 is 0 Å². The summed E-state index contributed by atoms with van der Waals surface area (Å²) in [5, 5.41) is 0.874. The number of amides is 1. The lowest BCUT2D eigenvalue weighted by Crippen LogP contribution is -2.48. The van der Waals surface area contributed by atoms with Crippen molar-refractivity contribution in [2.45, 2.75) is 0 Å². The van der Waals surface area contributed by atoms with Crippen molar-refractivity contribution in [2.75, 3.05) is 38.2 Å². The van der Waals surface area contributed by atoms with Crippen molar-refractivity contribution in [2.24, 2.45) is 0 Å². The fourth-order valence-corrected chi connectivity index (χ4v) is 5.08. The summed E-state index contributed by atoms with van der Waals surface area (Å²) in [5.74, 6) is 0.878. The molecular formula is C25H22ClN3O2S. The molecule has 0 aliphatic carbocycles. The van der Waals surface area contributed by atoms with Crippen LogP contribution in [-0.2, 0) is 0 Å². The smallest absolute Gasteiger partial charge is 0.254 e. The van der Waals surface area contributed by atoms with Crippen LogP contribution in [0.5, 0.6) is 5.75 Å². The summed E-state index contributed by atoms with van der Waals surface area (Å²) in [5.41, 5.74) is 3.39. The molecule has 0 bridgehead atoms. The van der Waals surface area contributed by atoms with Gasteiger partial charge in [0, 0.05) is 43.3 Å². The van der Waals surface area contributed by atoms with Gasteiger partial charge in [-0.2, -0.15) is 0 Å². The van der Waals surface area contributed by atoms with E-state index in [-0.39, 0.29) is 5.91 Å². The van der Waals surface area contributed by atoms with Gasteiger partial charge in [0.15, 0.2) is 0 Å². The minimum absolute atomic E-state index is 0.0396. The van der Waals surface area contributed by atoms with Gasteiger partial charge in [-0.05, 0) is 36.4 Å². The monoisotopic (exact) mass is 463 g/mol. The molecule has 1 fully saturated rings. The molecule has 0 unspecified atom stereocenters. The van der Waals surface area contributed by atoms with Crippen LogP contribution in [0.25, 0.3) is 21.5 Å². The molecule has 0 saturated carbocycles. The third-order valence-corrected chi connectivity index (χ3v) is 7.01. The lowest BCUT2D eigenvalue weighted by Gasteiger charge is -2.36. The Hall–Kier alpha value is -3.09. The van der Waals surface area contributed by atoms with Gasteiger partial charge in [0.05, 0.1) is 33.1 Å². The summed E-state index contributed by atoms with van der Waals surface area (Å²) in [6.07, 6.45) is 0. The number of anilines is 1. The van der Waals surface area contributed by atoms with Crippen LogP contribution in [0.2, 0.25) is 4.34 Å². The molecule has 3 heterocycles. The maximum absolute atomic E-state index is 13.6. The van der Waals surface area contributed by atoms with E-state index in [1.54, 1.807) is 7.11 Å². The normalized spacial score (nSPS) is 14.1. The molecule has 32 heavy (non-hydrogen) atoms. The maximum atomic E-state index is 13.6. The van der Waals surface area contributed by atoms with E-state index in [0.29, 0.717) is 23.0 Å². The van der Waals surface area contributed by atoms with Gasteiger partial charge in [-0.1, -0.05) is 35.9 Å². The molecule has 4 aromatic rings. The number of rotatable bonds is 4. The SMILES string of the molecule is COc1cccc(N2CCN(C(=O)c3cc(-c4ccc(Cl)s4)nc4ccccc34)CC2)c1. The van der Waals surface area contributed by atoms with Crippen molar-refractivity contribution < 1.29 is 9.53 Å². The van der Waals surface area contributed by atoms with Crippen LogP contribution < -0.4 is 9.64 Å². The van der Waals surface area contributed by atoms with E-state index in [4.69, 9.17) is 21.3 Å². The quantitative estimate of drug-likeness (QED) is 0.396. The molecule has 5 nitrogen and oxygen atoms in total. The highest BCUT2D eigenvalue weighted by molar-refractivity contribution is 7.19. The van der Waals surface area contributed by atoms with Crippen molar-refractivity contribution >= 4 is 45.4 Å². The molecule has 1 saturated heterocycles. The number of piperazine rings is 1. The molecule has 7 heteroatoms. The fraction of sp³-hybridized carbons (Fsp3) is 0.200. The van der Waals surface area contributed by atoms with Crippen molar-refractivity contribution in [3.63, 3.8) is 0 Å². The number of aromatic nitrogens is 1. The number of methoxy groups -OCH3 is 1. The van der Waals surface area contributed by atoms with Gasteiger partial charge in [0.2, 0.25) is 0 Å². The molecule has 0 N–H and O–H groups in total. The average Bonchev–Trinajstić information content (AvgIpc) is 3.29. The third-order valence-electron chi connectivity index (χ3n) is 5.76. The molecule has 0 spiro atoms. The summed E-state index contributed by atoms with van der Waals surface area (Å²) < 4.78 is 6.05. The minimum atomic E-state index is 0.0396. The number of pyridine rings is 1. The van der Waals surface area contributed by atoms with Crippen molar-refractivity contribution in [3.05, 3.63) is 76.6 Å². The molecule has 1 aliphatic heterocycles. The first-order valence-corrected chi connectivity index (χ1v) is 11.7. The van der Waals surface area contributed by atoms with E-state index in [9.17, 15) is 4.79 Å². The first-order valence-electron chi connectivity index (χ1n) is 10.5. The van der Waals surface area contributed by atoms with Crippen LogP contribution in [0, 0.1) is 0 Å². The molecule has 0 radical (unpaired) electrons. The number of ether oxygens (including phenoxy) is 1. The van der Waals surface area contributed by atoms with Crippen LogP contribution >= 0.6 is 22.9 Å². The highest BCUT2D eigenvalue weighted by Gasteiger charge is 2.25. The molecule has 5 rings (SSSR count). The molecule has 1 aliphatic rings. The number of para-hydroxylation sites is 1. The fourth-order valence-electron chi connectivity index (χ4n) is 4.08. The predicted molar refractivity (Wildman–Crippen MR) is 131 cm³/mol. The minimum Gasteiger partial charge on any atom is -0.497 e. The first-order chi connectivity index (χ1) is 15.6.